The van der Waals surface area contributed by atoms with Crippen molar-refractivity contribution < 1.29 is 14.6 Å². The smallest absolute Gasteiger partial charge is 0.319 e. The number of rotatable bonds is 7. The maximum absolute atomic E-state index is 12.1. The van der Waals surface area contributed by atoms with E-state index < -0.39 is 5.54 Å². The Morgan fingerprint density at radius 3 is 2.55 bits per heavy atom. The molecule has 0 aromatic heterocycles. The first-order valence-electron chi connectivity index (χ1n) is 7.93. The Bertz CT molecular complexity index is 499. The molecule has 122 valence electrons. The van der Waals surface area contributed by atoms with E-state index in [0.717, 1.165) is 25.0 Å². The predicted molar refractivity (Wildman–Crippen MR) is 87.2 cm³/mol. The van der Waals surface area contributed by atoms with Crippen molar-refractivity contribution in [3.8, 4) is 5.75 Å². The van der Waals surface area contributed by atoms with Crippen LogP contribution in [0.5, 0.6) is 5.75 Å². The molecule has 0 bridgehead atoms. The SMILES string of the molecule is CCC(C)Oc1ccc(NC(=O)NC(C)(CO)C2CC2)cc1. The molecule has 1 aliphatic carbocycles. The number of carbonyl (C=O) groups excluding carboxylic acids is 1. The zero-order valence-corrected chi connectivity index (χ0v) is 13.6. The monoisotopic (exact) mass is 306 g/mol. The zero-order valence-electron chi connectivity index (χ0n) is 13.6. The summed E-state index contributed by atoms with van der Waals surface area (Å²) in [4.78, 5) is 12.1. The summed E-state index contributed by atoms with van der Waals surface area (Å²) in [6.45, 7) is 5.93. The molecular formula is C17H26N2O3. The molecule has 5 nitrogen and oxygen atoms in total. The van der Waals surface area contributed by atoms with Gasteiger partial charge >= 0.3 is 6.03 Å². The van der Waals surface area contributed by atoms with Gasteiger partial charge in [0, 0.05) is 5.69 Å². The van der Waals surface area contributed by atoms with E-state index in [9.17, 15) is 9.90 Å². The lowest BCUT2D eigenvalue weighted by Crippen LogP contribution is -2.52. The van der Waals surface area contributed by atoms with E-state index in [1.54, 1.807) is 0 Å². The van der Waals surface area contributed by atoms with Gasteiger partial charge in [-0.15, -0.1) is 0 Å². The van der Waals surface area contributed by atoms with E-state index in [-0.39, 0.29) is 18.7 Å². The summed E-state index contributed by atoms with van der Waals surface area (Å²) in [6.07, 6.45) is 3.23. The molecule has 5 heteroatoms. The average Bonchev–Trinajstić information content (AvgIpc) is 3.34. The van der Waals surface area contributed by atoms with Crippen LogP contribution in [0.1, 0.15) is 40.0 Å². The van der Waals surface area contributed by atoms with Crippen LogP contribution in [0.3, 0.4) is 0 Å². The number of aliphatic hydroxyl groups excluding tert-OH is 1. The lowest BCUT2D eigenvalue weighted by atomic mass is 9.97. The lowest BCUT2D eigenvalue weighted by Gasteiger charge is -2.28. The second-order valence-corrected chi connectivity index (χ2v) is 6.29. The minimum Gasteiger partial charge on any atom is -0.491 e. The molecule has 0 heterocycles. The molecule has 2 atom stereocenters. The summed E-state index contributed by atoms with van der Waals surface area (Å²) in [5, 5.41) is 15.2. The van der Waals surface area contributed by atoms with Gasteiger partial charge in [-0.05, 0) is 63.3 Å². The fourth-order valence-corrected chi connectivity index (χ4v) is 2.35. The third kappa shape index (κ3) is 4.37. The first-order chi connectivity index (χ1) is 10.5. The molecule has 2 rings (SSSR count). The van der Waals surface area contributed by atoms with Gasteiger partial charge in [-0.25, -0.2) is 4.79 Å². The number of anilines is 1. The Morgan fingerprint density at radius 2 is 2.05 bits per heavy atom. The summed E-state index contributed by atoms with van der Waals surface area (Å²) in [7, 11) is 0. The highest BCUT2D eigenvalue weighted by Crippen LogP contribution is 2.39. The predicted octanol–water partition coefficient (Wildman–Crippen LogP) is 3.15. The van der Waals surface area contributed by atoms with Crippen LogP contribution in [-0.2, 0) is 0 Å². The van der Waals surface area contributed by atoms with Crippen molar-refractivity contribution in [2.75, 3.05) is 11.9 Å². The van der Waals surface area contributed by atoms with Crippen LogP contribution in [0.2, 0.25) is 0 Å². The highest BCUT2D eigenvalue weighted by Gasteiger charge is 2.42. The molecule has 0 radical (unpaired) electrons. The van der Waals surface area contributed by atoms with E-state index in [2.05, 4.69) is 17.6 Å². The number of ether oxygens (including phenoxy) is 1. The lowest BCUT2D eigenvalue weighted by molar-refractivity contribution is 0.159. The molecule has 1 aromatic carbocycles. The van der Waals surface area contributed by atoms with Crippen LogP contribution in [0.15, 0.2) is 24.3 Å². The van der Waals surface area contributed by atoms with Crippen molar-refractivity contribution in [1.29, 1.82) is 0 Å². The highest BCUT2D eigenvalue weighted by atomic mass is 16.5. The van der Waals surface area contributed by atoms with Crippen molar-refractivity contribution in [2.24, 2.45) is 5.92 Å². The van der Waals surface area contributed by atoms with Crippen molar-refractivity contribution in [2.45, 2.75) is 51.7 Å². The van der Waals surface area contributed by atoms with Gasteiger partial charge in [0.05, 0.1) is 18.2 Å². The Labute approximate surface area is 132 Å². The fraction of sp³-hybridized carbons (Fsp3) is 0.588. The number of urea groups is 1. The van der Waals surface area contributed by atoms with E-state index >= 15 is 0 Å². The third-order valence-corrected chi connectivity index (χ3v) is 4.23. The molecule has 22 heavy (non-hydrogen) atoms. The highest BCUT2D eigenvalue weighted by molar-refractivity contribution is 5.89. The van der Waals surface area contributed by atoms with E-state index in [0.29, 0.717) is 11.6 Å². The van der Waals surface area contributed by atoms with Gasteiger partial charge in [0.15, 0.2) is 0 Å². The van der Waals surface area contributed by atoms with Crippen molar-refractivity contribution >= 4 is 11.7 Å². The summed E-state index contributed by atoms with van der Waals surface area (Å²) in [5.74, 6) is 1.16. The molecule has 1 aliphatic rings. The number of benzene rings is 1. The van der Waals surface area contributed by atoms with Gasteiger partial charge in [0.1, 0.15) is 5.75 Å². The number of hydrogen-bond donors (Lipinski definition) is 3. The van der Waals surface area contributed by atoms with Gasteiger partial charge in [-0.1, -0.05) is 6.92 Å². The van der Waals surface area contributed by atoms with E-state index in [1.807, 2.05) is 38.1 Å². The fourth-order valence-electron chi connectivity index (χ4n) is 2.35. The van der Waals surface area contributed by atoms with Crippen molar-refractivity contribution in [1.82, 2.24) is 5.32 Å². The summed E-state index contributed by atoms with van der Waals surface area (Å²) in [5.41, 5.74) is 0.161. The number of aliphatic hydroxyl groups is 1. The molecule has 2 amide bonds. The maximum atomic E-state index is 12.1. The normalized spacial score (nSPS) is 18.2. The minimum atomic E-state index is -0.538. The number of hydrogen-bond acceptors (Lipinski definition) is 3. The molecule has 0 aliphatic heterocycles. The molecule has 2 unspecified atom stereocenters. The number of nitrogens with one attached hydrogen (secondary N) is 2. The average molecular weight is 306 g/mol. The molecule has 3 N–H and O–H groups in total. The Kier molecular flexibility index (Phi) is 5.29. The molecular weight excluding hydrogens is 280 g/mol. The Morgan fingerprint density at radius 1 is 1.41 bits per heavy atom. The maximum Gasteiger partial charge on any atom is 0.319 e. The zero-order chi connectivity index (χ0) is 16.2. The van der Waals surface area contributed by atoms with E-state index in [1.165, 1.54) is 0 Å². The van der Waals surface area contributed by atoms with Crippen LogP contribution in [0.4, 0.5) is 10.5 Å². The molecule has 0 spiro atoms. The van der Waals surface area contributed by atoms with Gasteiger partial charge < -0.3 is 20.5 Å². The summed E-state index contributed by atoms with van der Waals surface area (Å²) < 4.78 is 5.70. The topological polar surface area (TPSA) is 70.6 Å². The second-order valence-electron chi connectivity index (χ2n) is 6.29. The van der Waals surface area contributed by atoms with Crippen LogP contribution < -0.4 is 15.4 Å². The van der Waals surface area contributed by atoms with Crippen LogP contribution in [-0.4, -0.2) is 29.4 Å². The second kappa shape index (κ2) is 7.01. The quantitative estimate of drug-likeness (QED) is 0.724. The van der Waals surface area contributed by atoms with E-state index in [4.69, 9.17) is 4.74 Å². The molecule has 1 aromatic rings. The van der Waals surface area contributed by atoms with Crippen molar-refractivity contribution in [3.05, 3.63) is 24.3 Å². The molecule has 1 saturated carbocycles. The minimum absolute atomic E-state index is 0.0488. The number of carbonyl (C=O) groups is 1. The van der Waals surface area contributed by atoms with Crippen LogP contribution in [0, 0.1) is 5.92 Å². The summed E-state index contributed by atoms with van der Waals surface area (Å²) in [6, 6.07) is 7.01. The Hall–Kier alpha value is -1.75. The summed E-state index contributed by atoms with van der Waals surface area (Å²) >= 11 is 0. The Balaban J connectivity index is 1.88. The molecule has 1 fully saturated rings. The number of amides is 2. The van der Waals surface area contributed by atoms with Crippen LogP contribution in [0.25, 0.3) is 0 Å². The third-order valence-electron chi connectivity index (χ3n) is 4.23. The largest absolute Gasteiger partial charge is 0.491 e. The van der Waals surface area contributed by atoms with Gasteiger partial charge in [-0.2, -0.15) is 0 Å². The van der Waals surface area contributed by atoms with Gasteiger partial charge in [0.2, 0.25) is 0 Å². The van der Waals surface area contributed by atoms with Gasteiger partial charge in [0.25, 0.3) is 0 Å². The van der Waals surface area contributed by atoms with Crippen LogP contribution >= 0.6 is 0 Å². The first-order valence-corrected chi connectivity index (χ1v) is 7.93. The van der Waals surface area contributed by atoms with Crippen molar-refractivity contribution in [3.63, 3.8) is 0 Å². The van der Waals surface area contributed by atoms with Gasteiger partial charge in [-0.3, -0.25) is 0 Å². The molecule has 0 saturated heterocycles. The first kappa shape index (κ1) is 16.6. The standard InChI is InChI=1S/C17H26N2O3/c1-4-12(2)22-15-9-7-14(8-10-15)18-16(21)19-17(3,11-20)13-5-6-13/h7-10,12-13,20H,4-6,11H2,1-3H3,(H2,18,19,21).